The highest BCUT2D eigenvalue weighted by molar-refractivity contribution is 6.30. The van der Waals surface area contributed by atoms with E-state index in [1.807, 2.05) is 48.5 Å². The zero-order chi connectivity index (χ0) is 10.7. The first-order valence-electron chi connectivity index (χ1n) is 4.76. The van der Waals surface area contributed by atoms with Crippen molar-refractivity contribution >= 4 is 11.6 Å². The van der Waals surface area contributed by atoms with Gasteiger partial charge in [0.05, 0.1) is 6.61 Å². The van der Waals surface area contributed by atoms with E-state index >= 15 is 0 Å². The maximum atomic E-state index is 9.21. The number of aliphatic hydroxyl groups is 1. The molecule has 0 amide bonds. The summed E-state index contributed by atoms with van der Waals surface area (Å²) in [6.45, 7) is 0.0544. The zero-order valence-electron chi connectivity index (χ0n) is 8.15. The average molecular weight is 219 g/mol. The molecule has 0 aliphatic heterocycles. The van der Waals surface area contributed by atoms with Crippen LogP contribution in [0.2, 0.25) is 5.02 Å². The normalized spacial score (nSPS) is 10.3. The van der Waals surface area contributed by atoms with Gasteiger partial charge in [-0.3, -0.25) is 0 Å². The number of benzene rings is 2. The number of halogens is 1. The van der Waals surface area contributed by atoms with Gasteiger partial charge in [-0.05, 0) is 28.8 Å². The minimum atomic E-state index is 0.0544. The maximum Gasteiger partial charge on any atom is 0.0687 e. The van der Waals surface area contributed by atoms with Crippen LogP contribution in [-0.2, 0) is 6.61 Å². The van der Waals surface area contributed by atoms with Crippen LogP contribution in [0.4, 0.5) is 0 Å². The standard InChI is InChI=1S/C13H11ClO/c14-12-7-5-10(6-8-12)13-4-2-1-3-11(13)9-15/h1-8,15H,9H2. The molecular formula is C13H11ClO. The average Bonchev–Trinajstić information content (AvgIpc) is 2.30. The van der Waals surface area contributed by atoms with E-state index < -0.39 is 0 Å². The Kier molecular flexibility index (Phi) is 3.05. The lowest BCUT2D eigenvalue weighted by Crippen LogP contribution is -1.88. The highest BCUT2D eigenvalue weighted by Crippen LogP contribution is 2.24. The minimum Gasteiger partial charge on any atom is -0.392 e. The fourth-order valence-corrected chi connectivity index (χ4v) is 1.70. The van der Waals surface area contributed by atoms with Gasteiger partial charge in [-0.15, -0.1) is 0 Å². The highest BCUT2D eigenvalue weighted by Gasteiger charge is 2.02. The molecule has 76 valence electrons. The summed E-state index contributed by atoms with van der Waals surface area (Å²) in [5.74, 6) is 0. The van der Waals surface area contributed by atoms with Gasteiger partial charge in [-0.25, -0.2) is 0 Å². The fraction of sp³-hybridized carbons (Fsp3) is 0.0769. The van der Waals surface area contributed by atoms with Crippen LogP contribution in [0.5, 0.6) is 0 Å². The van der Waals surface area contributed by atoms with E-state index in [9.17, 15) is 5.11 Å². The van der Waals surface area contributed by atoms with Crippen molar-refractivity contribution < 1.29 is 5.11 Å². The summed E-state index contributed by atoms with van der Waals surface area (Å²) < 4.78 is 0. The Hall–Kier alpha value is -1.31. The van der Waals surface area contributed by atoms with Crippen molar-refractivity contribution in [1.82, 2.24) is 0 Å². The molecule has 0 heterocycles. The smallest absolute Gasteiger partial charge is 0.0687 e. The van der Waals surface area contributed by atoms with Gasteiger partial charge in [0.15, 0.2) is 0 Å². The van der Waals surface area contributed by atoms with E-state index in [0.717, 1.165) is 21.7 Å². The lowest BCUT2D eigenvalue weighted by Gasteiger charge is -2.06. The largest absolute Gasteiger partial charge is 0.392 e. The number of rotatable bonds is 2. The van der Waals surface area contributed by atoms with Crippen molar-refractivity contribution in [2.75, 3.05) is 0 Å². The van der Waals surface area contributed by atoms with Gasteiger partial charge in [0.25, 0.3) is 0 Å². The summed E-state index contributed by atoms with van der Waals surface area (Å²) in [4.78, 5) is 0. The van der Waals surface area contributed by atoms with Crippen LogP contribution in [0.25, 0.3) is 11.1 Å². The third kappa shape index (κ3) is 2.20. The minimum absolute atomic E-state index is 0.0544. The molecule has 0 fully saturated rings. The number of hydrogen-bond acceptors (Lipinski definition) is 1. The summed E-state index contributed by atoms with van der Waals surface area (Å²) in [5, 5.41) is 9.93. The second-order valence-corrected chi connectivity index (χ2v) is 3.76. The second-order valence-electron chi connectivity index (χ2n) is 3.32. The van der Waals surface area contributed by atoms with Gasteiger partial charge in [0, 0.05) is 5.02 Å². The second kappa shape index (κ2) is 4.47. The predicted molar refractivity (Wildman–Crippen MR) is 62.8 cm³/mol. The zero-order valence-corrected chi connectivity index (χ0v) is 8.91. The lowest BCUT2D eigenvalue weighted by molar-refractivity contribution is 0.282. The molecule has 15 heavy (non-hydrogen) atoms. The number of hydrogen-bond donors (Lipinski definition) is 1. The van der Waals surface area contributed by atoms with Crippen LogP contribution in [-0.4, -0.2) is 5.11 Å². The van der Waals surface area contributed by atoms with Gasteiger partial charge in [0.1, 0.15) is 0 Å². The Bertz CT molecular complexity index is 448. The van der Waals surface area contributed by atoms with Gasteiger partial charge in [-0.1, -0.05) is 48.0 Å². The molecule has 2 rings (SSSR count). The van der Waals surface area contributed by atoms with Crippen molar-refractivity contribution in [3.8, 4) is 11.1 Å². The van der Waals surface area contributed by atoms with Crippen molar-refractivity contribution in [2.45, 2.75) is 6.61 Å². The van der Waals surface area contributed by atoms with Crippen LogP contribution in [0.1, 0.15) is 5.56 Å². The van der Waals surface area contributed by atoms with Crippen molar-refractivity contribution in [3.05, 3.63) is 59.1 Å². The molecule has 1 N–H and O–H groups in total. The third-order valence-electron chi connectivity index (χ3n) is 2.34. The van der Waals surface area contributed by atoms with E-state index in [2.05, 4.69) is 0 Å². The van der Waals surface area contributed by atoms with Crippen LogP contribution in [0, 0.1) is 0 Å². The molecule has 0 spiro atoms. The SMILES string of the molecule is OCc1ccccc1-c1ccc(Cl)cc1. The van der Waals surface area contributed by atoms with Gasteiger partial charge in [0.2, 0.25) is 0 Å². The van der Waals surface area contributed by atoms with E-state index in [0.29, 0.717) is 0 Å². The van der Waals surface area contributed by atoms with E-state index in [4.69, 9.17) is 11.6 Å². The molecule has 2 aromatic rings. The first-order valence-corrected chi connectivity index (χ1v) is 5.14. The Balaban J connectivity index is 2.49. The van der Waals surface area contributed by atoms with E-state index in [1.165, 1.54) is 0 Å². The predicted octanol–water partition coefficient (Wildman–Crippen LogP) is 3.50. The van der Waals surface area contributed by atoms with Crippen LogP contribution in [0.3, 0.4) is 0 Å². The van der Waals surface area contributed by atoms with E-state index in [-0.39, 0.29) is 6.61 Å². The molecule has 0 saturated carbocycles. The molecule has 2 heteroatoms. The van der Waals surface area contributed by atoms with Crippen molar-refractivity contribution in [1.29, 1.82) is 0 Å². The molecule has 0 atom stereocenters. The Morgan fingerprint density at radius 1 is 0.933 bits per heavy atom. The van der Waals surface area contributed by atoms with Gasteiger partial charge in [-0.2, -0.15) is 0 Å². The van der Waals surface area contributed by atoms with Gasteiger partial charge >= 0.3 is 0 Å². The van der Waals surface area contributed by atoms with Crippen molar-refractivity contribution in [2.24, 2.45) is 0 Å². The summed E-state index contributed by atoms with van der Waals surface area (Å²) in [7, 11) is 0. The Morgan fingerprint density at radius 2 is 1.60 bits per heavy atom. The molecule has 0 radical (unpaired) electrons. The molecular weight excluding hydrogens is 208 g/mol. The molecule has 2 aromatic carbocycles. The Labute approximate surface area is 94.0 Å². The quantitative estimate of drug-likeness (QED) is 0.818. The maximum absolute atomic E-state index is 9.21. The Morgan fingerprint density at radius 3 is 2.27 bits per heavy atom. The van der Waals surface area contributed by atoms with Gasteiger partial charge < -0.3 is 5.11 Å². The molecule has 1 nitrogen and oxygen atoms in total. The molecule has 0 aromatic heterocycles. The number of aliphatic hydroxyl groups excluding tert-OH is 1. The molecule has 0 aliphatic rings. The topological polar surface area (TPSA) is 20.2 Å². The van der Waals surface area contributed by atoms with E-state index in [1.54, 1.807) is 0 Å². The monoisotopic (exact) mass is 218 g/mol. The molecule has 0 aliphatic carbocycles. The molecule has 0 saturated heterocycles. The fourth-order valence-electron chi connectivity index (χ4n) is 1.57. The lowest BCUT2D eigenvalue weighted by atomic mass is 10.0. The van der Waals surface area contributed by atoms with Crippen LogP contribution >= 0.6 is 11.6 Å². The third-order valence-corrected chi connectivity index (χ3v) is 2.59. The summed E-state index contributed by atoms with van der Waals surface area (Å²) in [6, 6.07) is 15.4. The first kappa shape index (κ1) is 10.2. The summed E-state index contributed by atoms with van der Waals surface area (Å²) in [6.07, 6.45) is 0. The van der Waals surface area contributed by atoms with Crippen LogP contribution in [0.15, 0.2) is 48.5 Å². The molecule has 0 bridgehead atoms. The first-order chi connectivity index (χ1) is 7.31. The highest BCUT2D eigenvalue weighted by atomic mass is 35.5. The summed E-state index contributed by atoms with van der Waals surface area (Å²) in [5.41, 5.74) is 3.06. The van der Waals surface area contributed by atoms with Crippen LogP contribution < -0.4 is 0 Å². The molecule has 0 unspecified atom stereocenters. The summed E-state index contributed by atoms with van der Waals surface area (Å²) >= 11 is 5.82. The van der Waals surface area contributed by atoms with Crippen molar-refractivity contribution in [3.63, 3.8) is 0 Å².